The number of carbonyl (C=O) groups is 1. The third-order valence-corrected chi connectivity index (χ3v) is 4.23. The lowest BCUT2D eigenvalue weighted by molar-refractivity contribution is 0.0648. The molecule has 0 spiro atoms. The highest BCUT2D eigenvalue weighted by Crippen LogP contribution is 2.21. The smallest absolute Gasteiger partial charge is 0.274 e. The van der Waals surface area contributed by atoms with E-state index in [0.717, 1.165) is 31.6 Å². The van der Waals surface area contributed by atoms with Crippen LogP contribution in [0.25, 0.3) is 0 Å². The lowest BCUT2D eigenvalue weighted by Crippen LogP contribution is -2.45. The van der Waals surface area contributed by atoms with Crippen LogP contribution in [0.3, 0.4) is 0 Å². The number of anilines is 1. The summed E-state index contributed by atoms with van der Waals surface area (Å²) in [6.45, 7) is 6.53. The molecule has 2 N–H and O–H groups in total. The van der Waals surface area contributed by atoms with Gasteiger partial charge in [0.2, 0.25) is 0 Å². The predicted octanol–water partition coefficient (Wildman–Crippen LogP) is 0.960. The van der Waals surface area contributed by atoms with Crippen molar-refractivity contribution >= 4 is 11.6 Å². The van der Waals surface area contributed by atoms with E-state index in [1.54, 1.807) is 4.68 Å². The van der Waals surface area contributed by atoms with Crippen molar-refractivity contribution in [2.24, 2.45) is 0 Å². The number of hydrogen-bond acceptors (Lipinski definition) is 4. The lowest BCUT2D eigenvalue weighted by atomic mass is 10.0. The van der Waals surface area contributed by atoms with Crippen LogP contribution < -0.4 is 5.73 Å². The van der Waals surface area contributed by atoms with Crippen LogP contribution in [0.15, 0.2) is 0 Å². The van der Waals surface area contributed by atoms with E-state index >= 15 is 0 Å². The van der Waals surface area contributed by atoms with Crippen molar-refractivity contribution < 1.29 is 4.79 Å². The molecule has 6 nitrogen and oxygen atoms in total. The van der Waals surface area contributed by atoms with E-state index in [4.69, 9.17) is 5.73 Å². The van der Waals surface area contributed by atoms with E-state index in [1.807, 2.05) is 25.8 Å². The minimum atomic E-state index is -0.0143. The summed E-state index contributed by atoms with van der Waals surface area (Å²) in [5, 5.41) is 4.33. The van der Waals surface area contributed by atoms with Crippen LogP contribution in [0.4, 0.5) is 5.69 Å². The van der Waals surface area contributed by atoms with Gasteiger partial charge in [-0.05, 0) is 46.8 Å². The second kappa shape index (κ2) is 5.83. The second-order valence-electron chi connectivity index (χ2n) is 5.61. The molecule has 1 aliphatic rings. The largest absolute Gasteiger partial charge is 0.395 e. The molecular formula is C14H25N5O. The van der Waals surface area contributed by atoms with E-state index in [2.05, 4.69) is 17.0 Å². The molecular weight excluding hydrogens is 254 g/mol. The topological polar surface area (TPSA) is 67.4 Å². The number of nitrogen functional groups attached to an aromatic ring is 1. The summed E-state index contributed by atoms with van der Waals surface area (Å²) >= 11 is 0. The average molecular weight is 279 g/mol. The van der Waals surface area contributed by atoms with Gasteiger partial charge in [-0.2, -0.15) is 5.10 Å². The van der Waals surface area contributed by atoms with Crippen molar-refractivity contribution in [2.75, 3.05) is 32.9 Å². The number of piperidine rings is 1. The molecule has 1 saturated heterocycles. The van der Waals surface area contributed by atoms with Gasteiger partial charge < -0.3 is 15.5 Å². The normalized spacial score (nSPS) is 17.4. The molecule has 1 fully saturated rings. The lowest BCUT2D eigenvalue weighted by Gasteiger charge is -2.35. The van der Waals surface area contributed by atoms with E-state index in [-0.39, 0.29) is 5.91 Å². The zero-order chi connectivity index (χ0) is 14.9. The minimum Gasteiger partial charge on any atom is -0.395 e. The maximum Gasteiger partial charge on any atom is 0.274 e. The summed E-state index contributed by atoms with van der Waals surface area (Å²) in [4.78, 5) is 16.8. The molecule has 112 valence electrons. The molecule has 0 atom stereocenters. The van der Waals surface area contributed by atoms with Crippen molar-refractivity contribution in [2.45, 2.75) is 39.3 Å². The number of nitrogens with two attached hydrogens (primary N) is 1. The number of nitrogens with zero attached hydrogens (tertiary/aromatic N) is 4. The molecule has 1 aliphatic heterocycles. The van der Waals surface area contributed by atoms with Gasteiger partial charge in [0.15, 0.2) is 0 Å². The molecule has 0 aliphatic carbocycles. The van der Waals surface area contributed by atoms with Crippen LogP contribution in [0.1, 0.15) is 35.9 Å². The second-order valence-corrected chi connectivity index (χ2v) is 5.61. The number of hydrogen-bond donors (Lipinski definition) is 1. The number of likely N-dealkylation sites (tertiary alicyclic amines) is 1. The summed E-state index contributed by atoms with van der Waals surface area (Å²) in [5.74, 6) is -0.0143. The van der Waals surface area contributed by atoms with E-state index in [0.29, 0.717) is 24.0 Å². The van der Waals surface area contributed by atoms with E-state index in [9.17, 15) is 4.79 Å². The monoisotopic (exact) mass is 279 g/mol. The average Bonchev–Trinajstić information content (AvgIpc) is 2.73. The Labute approximate surface area is 120 Å². The fourth-order valence-electron chi connectivity index (χ4n) is 2.76. The van der Waals surface area contributed by atoms with Gasteiger partial charge >= 0.3 is 0 Å². The third-order valence-electron chi connectivity index (χ3n) is 4.23. The zero-order valence-corrected chi connectivity index (χ0v) is 12.9. The molecule has 2 heterocycles. The van der Waals surface area contributed by atoms with Gasteiger partial charge in [0.05, 0.1) is 11.4 Å². The van der Waals surface area contributed by atoms with Gasteiger partial charge in [-0.25, -0.2) is 0 Å². The van der Waals surface area contributed by atoms with Crippen molar-refractivity contribution in [3.05, 3.63) is 11.4 Å². The minimum absolute atomic E-state index is 0.0143. The molecule has 1 amide bonds. The Kier molecular flexibility index (Phi) is 4.32. The summed E-state index contributed by atoms with van der Waals surface area (Å²) in [5.41, 5.74) is 7.80. The van der Waals surface area contributed by atoms with Gasteiger partial charge in [0, 0.05) is 19.6 Å². The first-order valence-electron chi connectivity index (χ1n) is 7.24. The number of rotatable bonds is 3. The molecule has 0 unspecified atom stereocenters. The van der Waals surface area contributed by atoms with Crippen LogP contribution in [-0.2, 0) is 6.54 Å². The van der Waals surface area contributed by atoms with Crippen LogP contribution >= 0.6 is 0 Å². The molecule has 20 heavy (non-hydrogen) atoms. The summed E-state index contributed by atoms with van der Waals surface area (Å²) in [6, 6.07) is 0.290. The molecule has 0 saturated carbocycles. The predicted molar refractivity (Wildman–Crippen MR) is 79.7 cm³/mol. The zero-order valence-electron chi connectivity index (χ0n) is 12.9. The van der Waals surface area contributed by atoms with Crippen LogP contribution in [0.5, 0.6) is 0 Å². The molecule has 6 heteroatoms. The number of aryl methyl sites for hydroxylation is 2. The Balaban J connectivity index is 2.18. The Hall–Kier alpha value is -1.56. The molecule has 0 aromatic carbocycles. The maximum absolute atomic E-state index is 12.7. The molecule has 1 aromatic heterocycles. The van der Waals surface area contributed by atoms with Gasteiger partial charge in [0.1, 0.15) is 5.69 Å². The SMILES string of the molecule is CCn1nc(C)c(N)c1C(=O)N(C)C1CCN(C)CC1. The fraction of sp³-hybridized carbons (Fsp3) is 0.714. The standard InChI is InChI=1S/C14H25N5O/c1-5-19-13(12(15)10(2)16-19)14(20)18(4)11-6-8-17(3)9-7-11/h11H,5-9,15H2,1-4H3. The molecule has 1 aromatic rings. The third kappa shape index (κ3) is 2.65. The number of aromatic nitrogens is 2. The Morgan fingerprint density at radius 1 is 1.45 bits per heavy atom. The first-order chi connectivity index (χ1) is 9.45. The number of carbonyl (C=O) groups excluding carboxylic acids is 1. The molecule has 0 bridgehead atoms. The molecule has 0 radical (unpaired) electrons. The highest BCUT2D eigenvalue weighted by molar-refractivity contribution is 5.98. The van der Waals surface area contributed by atoms with E-state index in [1.165, 1.54) is 0 Å². The van der Waals surface area contributed by atoms with Gasteiger partial charge in [-0.3, -0.25) is 9.48 Å². The van der Waals surface area contributed by atoms with Crippen LogP contribution in [-0.4, -0.2) is 58.7 Å². The van der Waals surface area contributed by atoms with Crippen LogP contribution in [0, 0.1) is 6.92 Å². The van der Waals surface area contributed by atoms with Crippen LogP contribution in [0.2, 0.25) is 0 Å². The summed E-state index contributed by atoms with van der Waals surface area (Å²) < 4.78 is 1.71. The fourth-order valence-corrected chi connectivity index (χ4v) is 2.76. The summed E-state index contributed by atoms with van der Waals surface area (Å²) in [7, 11) is 3.99. The van der Waals surface area contributed by atoms with E-state index < -0.39 is 0 Å². The van der Waals surface area contributed by atoms with Gasteiger partial charge in [-0.1, -0.05) is 0 Å². The summed E-state index contributed by atoms with van der Waals surface area (Å²) in [6.07, 6.45) is 2.02. The molecule has 2 rings (SSSR count). The van der Waals surface area contributed by atoms with Crippen molar-refractivity contribution in [1.29, 1.82) is 0 Å². The highest BCUT2D eigenvalue weighted by atomic mass is 16.2. The van der Waals surface area contributed by atoms with Crippen molar-refractivity contribution in [3.63, 3.8) is 0 Å². The Morgan fingerprint density at radius 2 is 2.05 bits per heavy atom. The Morgan fingerprint density at radius 3 is 2.60 bits per heavy atom. The van der Waals surface area contributed by atoms with Crippen molar-refractivity contribution in [1.82, 2.24) is 19.6 Å². The first-order valence-corrected chi connectivity index (χ1v) is 7.24. The number of amides is 1. The maximum atomic E-state index is 12.7. The Bertz CT molecular complexity index is 488. The van der Waals surface area contributed by atoms with Gasteiger partial charge in [0.25, 0.3) is 5.91 Å². The van der Waals surface area contributed by atoms with Gasteiger partial charge in [-0.15, -0.1) is 0 Å². The first kappa shape index (κ1) is 14.8. The quantitative estimate of drug-likeness (QED) is 0.895. The van der Waals surface area contributed by atoms with Crippen molar-refractivity contribution in [3.8, 4) is 0 Å². The highest BCUT2D eigenvalue weighted by Gasteiger charge is 2.28.